The van der Waals surface area contributed by atoms with Crippen LogP contribution in [0.15, 0.2) is 60.8 Å². The van der Waals surface area contributed by atoms with Crippen LogP contribution in [-0.2, 0) is 0 Å². The molecule has 1 aromatic heterocycles. The van der Waals surface area contributed by atoms with Gasteiger partial charge in [-0.1, -0.05) is 17.7 Å². The quantitative estimate of drug-likeness (QED) is 0.712. The zero-order valence-corrected chi connectivity index (χ0v) is 14.3. The number of amides is 1. The molecule has 1 amide bonds. The van der Waals surface area contributed by atoms with Crippen molar-refractivity contribution in [3.8, 4) is 11.5 Å². The van der Waals surface area contributed by atoms with E-state index in [-0.39, 0.29) is 12.7 Å². The molecule has 2 aromatic carbocycles. The second kappa shape index (κ2) is 6.93. The van der Waals surface area contributed by atoms with Crippen molar-refractivity contribution in [2.45, 2.75) is 0 Å². The SMILES string of the molecule is O=C(Nc1ccc(Nc2ccc3c(c2)OCO3)cn1)c1cccc(Cl)c1. The minimum Gasteiger partial charge on any atom is -0.454 e. The summed E-state index contributed by atoms with van der Waals surface area (Å²) in [5.74, 6) is 1.61. The fourth-order valence-corrected chi connectivity index (χ4v) is 2.69. The Kier molecular flexibility index (Phi) is 4.33. The van der Waals surface area contributed by atoms with Gasteiger partial charge >= 0.3 is 0 Å². The van der Waals surface area contributed by atoms with E-state index in [1.165, 1.54) is 0 Å². The first-order valence-corrected chi connectivity index (χ1v) is 8.25. The Labute approximate surface area is 154 Å². The molecule has 2 N–H and O–H groups in total. The molecule has 1 aliphatic heterocycles. The summed E-state index contributed by atoms with van der Waals surface area (Å²) in [4.78, 5) is 16.5. The molecule has 0 saturated heterocycles. The number of aromatic nitrogens is 1. The molecule has 0 aliphatic carbocycles. The number of hydrogen-bond donors (Lipinski definition) is 2. The monoisotopic (exact) mass is 367 g/mol. The number of pyridine rings is 1. The summed E-state index contributed by atoms with van der Waals surface area (Å²) in [6, 6.07) is 15.9. The molecule has 0 atom stereocenters. The fraction of sp³-hybridized carbons (Fsp3) is 0.0526. The predicted octanol–water partition coefficient (Wildman–Crippen LogP) is 4.46. The van der Waals surface area contributed by atoms with Gasteiger partial charge in [-0.05, 0) is 42.5 Å². The van der Waals surface area contributed by atoms with E-state index in [2.05, 4.69) is 15.6 Å². The third kappa shape index (κ3) is 3.55. The average Bonchev–Trinajstić information content (AvgIpc) is 3.11. The van der Waals surface area contributed by atoms with E-state index in [1.54, 1.807) is 36.5 Å². The highest BCUT2D eigenvalue weighted by Crippen LogP contribution is 2.35. The molecule has 0 unspecified atom stereocenters. The van der Waals surface area contributed by atoms with E-state index in [0.29, 0.717) is 22.2 Å². The maximum absolute atomic E-state index is 12.2. The molecule has 0 radical (unpaired) electrons. The summed E-state index contributed by atoms with van der Waals surface area (Å²) < 4.78 is 10.6. The van der Waals surface area contributed by atoms with Gasteiger partial charge in [0, 0.05) is 22.3 Å². The van der Waals surface area contributed by atoms with E-state index >= 15 is 0 Å². The van der Waals surface area contributed by atoms with Crippen molar-refractivity contribution in [1.29, 1.82) is 0 Å². The largest absolute Gasteiger partial charge is 0.454 e. The van der Waals surface area contributed by atoms with Gasteiger partial charge in [-0.25, -0.2) is 4.98 Å². The summed E-state index contributed by atoms with van der Waals surface area (Å²) in [5.41, 5.74) is 2.11. The molecule has 0 saturated carbocycles. The normalized spacial score (nSPS) is 11.9. The lowest BCUT2D eigenvalue weighted by molar-refractivity contribution is 0.102. The first kappa shape index (κ1) is 16.2. The molecule has 130 valence electrons. The maximum atomic E-state index is 12.2. The van der Waals surface area contributed by atoms with Crippen molar-refractivity contribution in [2.24, 2.45) is 0 Å². The molecule has 2 heterocycles. The summed E-state index contributed by atoms with van der Waals surface area (Å²) in [6.07, 6.45) is 1.64. The Hall–Kier alpha value is -3.25. The molecule has 0 bridgehead atoms. The molecule has 1 aliphatic rings. The van der Waals surface area contributed by atoms with Gasteiger partial charge in [-0.15, -0.1) is 0 Å². The van der Waals surface area contributed by atoms with Gasteiger partial charge in [0.05, 0.1) is 11.9 Å². The highest BCUT2D eigenvalue weighted by molar-refractivity contribution is 6.31. The third-order valence-corrected chi connectivity index (χ3v) is 3.99. The van der Waals surface area contributed by atoms with E-state index < -0.39 is 0 Å². The molecule has 26 heavy (non-hydrogen) atoms. The number of hydrogen-bond acceptors (Lipinski definition) is 5. The van der Waals surface area contributed by atoms with Crippen molar-refractivity contribution in [2.75, 3.05) is 17.4 Å². The first-order valence-electron chi connectivity index (χ1n) is 7.87. The number of ether oxygens (including phenoxy) is 2. The molecule has 0 spiro atoms. The van der Waals surface area contributed by atoms with E-state index in [1.807, 2.05) is 24.3 Å². The number of carbonyl (C=O) groups is 1. The van der Waals surface area contributed by atoms with Crippen LogP contribution in [0.4, 0.5) is 17.2 Å². The minimum atomic E-state index is -0.267. The summed E-state index contributed by atoms with van der Waals surface area (Å²) in [6.45, 7) is 0.237. The smallest absolute Gasteiger partial charge is 0.256 e. The van der Waals surface area contributed by atoms with Gasteiger partial charge in [-0.2, -0.15) is 0 Å². The van der Waals surface area contributed by atoms with Crippen LogP contribution >= 0.6 is 11.6 Å². The minimum absolute atomic E-state index is 0.237. The molecular formula is C19H14ClN3O3. The second-order valence-electron chi connectivity index (χ2n) is 5.59. The Morgan fingerprint density at radius 3 is 2.65 bits per heavy atom. The molecule has 4 rings (SSSR count). The lowest BCUT2D eigenvalue weighted by Gasteiger charge is -2.09. The van der Waals surface area contributed by atoms with E-state index in [4.69, 9.17) is 21.1 Å². The summed E-state index contributed by atoms with van der Waals surface area (Å²) >= 11 is 5.90. The lowest BCUT2D eigenvalue weighted by atomic mass is 10.2. The number of rotatable bonds is 4. The number of anilines is 3. The Bertz CT molecular complexity index is 960. The number of benzene rings is 2. The van der Waals surface area contributed by atoms with Crippen LogP contribution in [0.3, 0.4) is 0 Å². The van der Waals surface area contributed by atoms with Crippen molar-refractivity contribution < 1.29 is 14.3 Å². The van der Waals surface area contributed by atoms with Crippen LogP contribution in [0.2, 0.25) is 5.02 Å². The van der Waals surface area contributed by atoms with Gasteiger partial charge in [0.1, 0.15) is 5.82 Å². The Morgan fingerprint density at radius 2 is 1.85 bits per heavy atom. The van der Waals surface area contributed by atoms with Crippen LogP contribution < -0.4 is 20.1 Å². The molecule has 0 fully saturated rings. The number of halogens is 1. The van der Waals surface area contributed by atoms with Gasteiger partial charge in [0.15, 0.2) is 11.5 Å². The zero-order chi connectivity index (χ0) is 17.9. The number of nitrogens with zero attached hydrogens (tertiary/aromatic N) is 1. The van der Waals surface area contributed by atoms with E-state index in [0.717, 1.165) is 17.1 Å². The first-order chi connectivity index (χ1) is 12.7. The van der Waals surface area contributed by atoms with Crippen LogP contribution in [0.1, 0.15) is 10.4 Å². The molecule has 7 heteroatoms. The third-order valence-electron chi connectivity index (χ3n) is 3.75. The lowest BCUT2D eigenvalue weighted by Crippen LogP contribution is -2.12. The Morgan fingerprint density at radius 1 is 1.00 bits per heavy atom. The van der Waals surface area contributed by atoms with Crippen molar-refractivity contribution >= 4 is 34.7 Å². The number of carbonyl (C=O) groups excluding carboxylic acids is 1. The molecule has 6 nitrogen and oxygen atoms in total. The van der Waals surface area contributed by atoms with Crippen LogP contribution in [0, 0.1) is 0 Å². The van der Waals surface area contributed by atoms with Crippen LogP contribution in [0.25, 0.3) is 0 Å². The van der Waals surface area contributed by atoms with Crippen molar-refractivity contribution in [1.82, 2.24) is 4.98 Å². The van der Waals surface area contributed by atoms with Crippen molar-refractivity contribution in [3.63, 3.8) is 0 Å². The van der Waals surface area contributed by atoms with Gasteiger partial charge in [0.2, 0.25) is 6.79 Å². The van der Waals surface area contributed by atoms with Crippen LogP contribution in [0.5, 0.6) is 11.5 Å². The van der Waals surface area contributed by atoms with Gasteiger partial charge in [0.25, 0.3) is 5.91 Å². The molecular weight excluding hydrogens is 354 g/mol. The highest BCUT2D eigenvalue weighted by Gasteiger charge is 2.13. The maximum Gasteiger partial charge on any atom is 0.256 e. The summed E-state index contributed by atoms with van der Waals surface area (Å²) in [7, 11) is 0. The predicted molar refractivity (Wildman–Crippen MR) is 99.5 cm³/mol. The average molecular weight is 368 g/mol. The fourth-order valence-electron chi connectivity index (χ4n) is 2.50. The van der Waals surface area contributed by atoms with Gasteiger partial charge in [-0.3, -0.25) is 4.79 Å². The van der Waals surface area contributed by atoms with Crippen LogP contribution in [-0.4, -0.2) is 17.7 Å². The Balaban J connectivity index is 1.43. The number of nitrogens with one attached hydrogen (secondary N) is 2. The topological polar surface area (TPSA) is 72.5 Å². The number of fused-ring (bicyclic) bond motifs is 1. The van der Waals surface area contributed by atoms with Gasteiger partial charge < -0.3 is 20.1 Å². The van der Waals surface area contributed by atoms with E-state index in [9.17, 15) is 4.79 Å². The standard InChI is InChI=1S/C19H14ClN3O3/c20-13-3-1-2-12(8-13)19(24)23-18-7-5-15(10-21-18)22-14-4-6-16-17(9-14)26-11-25-16/h1-10,22H,11H2,(H,21,23,24). The zero-order valence-electron chi connectivity index (χ0n) is 13.5. The van der Waals surface area contributed by atoms with Crippen molar-refractivity contribution in [3.05, 3.63) is 71.4 Å². The molecule has 3 aromatic rings. The second-order valence-corrected chi connectivity index (χ2v) is 6.03. The highest BCUT2D eigenvalue weighted by atomic mass is 35.5. The summed E-state index contributed by atoms with van der Waals surface area (Å²) in [5, 5.41) is 6.47.